The van der Waals surface area contributed by atoms with Crippen molar-refractivity contribution < 1.29 is 9.84 Å². The lowest BCUT2D eigenvalue weighted by molar-refractivity contribution is 0.275. The molecule has 21 heavy (non-hydrogen) atoms. The molecule has 0 spiro atoms. The first-order valence-electron chi connectivity index (χ1n) is 7.07. The van der Waals surface area contributed by atoms with Crippen molar-refractivity contribution in [3.8, 4) is 11.8 Å². The first-order valence-corrected chi connectivity index (χ1v) is 7.07. The molecular formula is C16H21N3O2. The lowest BCUT2D eigenvalue weighted by atomic mass is 10.2. The minimum Gasteiger partial charge on any atom is -0.424 e. The van der Waals surface area contributed by atoms with Crippen LogP contribution in [-0.4, -0.2) is 21.6 Å². The Balaban J connectivity index is 1.96. The molecule has 0 aliphatic carbocycles. The van der Waals surface area contributed by atoms with Crippen molar-refractivity contribution >= 4 is 0 Å². The highest BCUT2D eigenvalue weighted by molar-refractivity contribution is 5.34. The van der Waals surface area contributed by atoms with E-state index in [4.69, 9.17) is 4.74 Å². The second kappa shape index (κ2) is 7.71. The average molecular weight is 287 g/mol. The SMILES string of the molecule is CC(C)CNCc1cnc(Oc2ccccc2CO)nc1. The van der Waals surface area contributed by atoms with E-state index in [9.17, 15) is 5.11 Å². The van der Waals surface area contributed by atoms with E-state index < -0.39 is 0 Å². The van der Waals surface area contributed by atoms with Gasteiger partial charge in [-0.2, -0.15) is 0 Å². The highest BCUT2D eigenvalue weighted by Gasteiger charge is 2.05. The van der Waals surface area contributed by atoms with Gasteiger partial charge in [0.15, 0.2) is 0 Å². The Bertz CT molecular complexity index is 556. The molecule has 1 aromatic heterocycles. The molecule has 5 nitrogen and oxygen atoms in total. The summed E-state index contributed by atoms with van der Waals surface area (Å²) in [5.74, 6) is 1.19. The van der Waals surface area contributed by atoms with Crippen LogP contribution < -0.4 is 10.1 Å². The molecule has 0 fully saturated rings. The van der Waals surface area contributed by atoms with Crippen LogP contribution in [0.5, 0.6) is 11.8 Å². The predicted octanol–water partition coefficient (Wildman–Crippen LogP) is 2.51. The van der Waals surface area contributed by atoms with Crippen LogP contribution >= 0.6 is 0 Å². The maximum atomic E-state index is 9.25. The summed E-state index contributed by atoms with van der Waals surface area (Å²) in [6.45, 7) is 5.96. The van der Waals surface area contributed by atoms with Gasteiger partial charge >= 0.3 is 6.01 Å². The van der Waals surface area contributed by atoms with Crippen LogP contribution in [0.4, 0.5) is 0 Å². The van der Waals surface area contributed by atoms with E-state index in [0.29, 0.717) is 17.2 Å². The normalized spacial score (nSPS) is 10.9. The van der Waals surface area contributed by atoms with Crippen LogP contribution in [0.1, 0.15) is 25.0 Å². The topological polar surface area (TPSA) is 67.3 Å². The summed E-state index contributed by atoms with van der Waals surface area (Å²) in [6.07, 6.45) is 3.49. The number of benzene rings is 1. The van der Waals surface area contributed by atoms with E-state index in [0.717, 1.165) is 18.7 Å². The monoisotopic (exact) mass is 287 g/mol. The van der Waals surface area contributed by atoms with Crippen molar-refractivity contribution in [2.45, 2.75) is 27.0 Å². The highest BCUT2D eigenvalue weighted by atomic mass is 16.5. The molecule has 2 rings (SSSR count). The van der Waals surface area contributed by atoms with E-state index in [1.165, 1.54) is 0 Å². The van der Waals surface area contributed by atoms with E-state index in [-0.39, 0.29) is 12.6 Å². The second-order valence-electron chi connectivity index (χ2n) is 5.27. The molecule has 1 heterocycles. The summed E-state index contributed by atoms with van der Waals surface area (Å²) in [5, 5.41) is 12.6. The standard InChI is InChI=1S/C16H21N3O2/c1-12(2)7-17-8-13-9-18-16(19-10-13)21-15-6-4-3-5-14(15)11-20/h3-6,9-10,12,17,20H,7-8,11H2,1-2H3. The third kappa shape index (κ3) is 4.81. The van der Waals surface area contributed by atoms with Gasteiger partial charge in [-0.1, -0.05) is 32.0 Å². The Labute approximate surface area is 125 Å². The smallest absolute Gasteiger partial charge is 0.321 e. The zero-order valence-electron chi connectivity index (χ0n) is 12.4. The van der Waals surface area contributed by atoms with Crippen molar-refractivity contribution in [1.29, 1.82) is 0 Å². The van der Waals surface area contributed by atoms with Gasteiger partial charge in [0.1, 0.15) is 5.75 Å². The number of nitrogens with zero attached hydrogens (tertiary/aromatic N) is 2. The Hall–Kier alpha value is -1.98. The number of hydrogen-bond donors (Lipinski definition) is 2. The van der Waals surface area contributed by atoms with Crippen LogP contribution in [0.2, 0.25) is 0 Å². The second-order valence-corrected chi connectivity index (χ2v) is 5.27. The first-order chi connectivity index (χ1) is 10.2. The fourth-order valence-electron chi connectivity index (χ4n) is 1.82. The van der Waals surface area contributed by atoms with Gasteiger partial charge in [-0.05, 0) is 18.5 Å². The van der Waals surface area contributed by atoms with Gasteiger partial charge < -0.3 is 15.2 Å². The van der Waals surface area contributed by atoms with Crippen LogP contribution in [0.15, 0.2) is 36.7 Å². The molecule has 5 heteroatoms. The van der Waals surface area contributed by atoms with Crippen molar-refractivity contribution in [1.82, 2.24) is 15.3 Å². The van der Waals surface area contributed by atoms with Gasteiger partial charge in [0.05, 0.1) is 6.61 Å². The van der Waals surface area contributed by atoms with E-state index in [1.54, 1.807) is 24.5 Å². The Kier molecular flexibility index (Phi) is 5.66. The largest absolute Gasteiger partial charge is 0.424 e. The molecule has 2 N–H and O–H groups in total. The zero-order valence-corrected chi connectivity index (χ0v) is 12.4. The van der Waals surface area contributed by atoms with E-state index in [2.05, 4.69) is 29.1 Å². The molecule has 0 atom stereocenters. The number of nitrogens with one attached hydrogen (secondary N) is 1. The Morgan fingerprint density at radius 3 is 2.57 bits per heavy atom. The Morgan fingerprint density at radius 2 is 1.90 bits per heavy atom. The van der Waals surface area contributed by atoms with E-state index in [1.807, 2.05) is 12.1 Å². The minimum absolute atomic E-state index is 0.0760. The number of aliphatic hydroxyl groups excluding tert-OH is 1. The average Bonchev–Trinajstić information content (AvgIpc) is 2.49. The lowest BCUT2D eigenvalue weighted by Crippen LogP contribution is -2.19. The molecule has 0 radical (unpaired) electrons. The van der Waals surface area contributed by atoms with Gasteiger partial charge in [0, 0.05) is 30.1 Å². The molecule has 0 saturated heterocycles. The zero-order chi connectivity index (χ0) is 15.1. The third-order valence-electron chi connectivity index (χ3n) is 2.91. The number of aromatic nitrogens is 2. The molecule has 0 aliphatic rings. The number of ether oxygens (including phenoxy) is 1. The molecule has 0 saturated carbocycles. The van der Waals surface area contributed by atoms with Crippen LogP contribution in [0.25, 0.3) is 0 Å². The fourth-order valence-corrected chi connectivity index (χ4v) is 1.82. The summed E-state index contributed by atoms with van der Waals surface area (Å²) >= 11 is 0. The number of rotatable bonds is 7. The van der Waals surface area contributed by atoms with Gasteiger partial charge in [-0.15, -0.1) is 0 Å². The fraction of sp³-hybridized carbons (Fsp3) is 0.375. The lowest BCUT2D eigenvalue weighted by Gasteiger charge is -2.09. The molecule has 0 aliphatic heterocycles. The number of hydrogen-bond acceptors (Lipinski definition) is 5. The molecule has 112 valence electrons. The van der Waals surface area contributed by atoms with Gasteiger partial charge in [0.2, 0.25) is 0 Å². The summed E-state index contributed by atoms with van der Waals surface area (Å²) in [7, 11) is 0. The molecule has 0 bridgehead atoms. The van der Waals surface area contributed by atoms with Crippen molar-refractivity contribution in [3.05, 3.63) is 47.8 Å². The summed E-state index contributed by atoms with van der Waals surface area (Å²) in [4.78, 5) is 8.38. The van der Waals surface area contributed by atoms with Gasteiger partial charge in [0.25, 0.3) is 0 Å². The van der Waals surface area contributed by atoms with Crippen molar-refractivity contribution in [2.24, 2.45) is 5.92 Å². The number of para-hydroxylation sites is 1. The summed E-state index contributed by atoms with van der Waals surface area (Å²) in [5.41, 5.74) is 1.72. The molecule has 0 unspecified atom stereocenters. The minimum atomic E-state index is -0.0760. The quantitative estimate of drug-likeness (QED) is 0.819. The third-order valence-corrected chi connectivity index (χ3v) is 2.91. The maximum absolute atomic E-state index is 9.25. The van der Waals surface area contributed by atoms with Crippen LogP contribution in [0.3, 0.4) is 0 Å². The maximum Gasteiger partial charge on any atom is 0.321 e. The molecule has 1 aromatic carbocycles. The highest BCUT2D eigenvalue weighted by Crippen LogP contribution is 2.22. The molecule has 0 amide bonds. The summed E-state index contributed by atoms with van der Waals surface area (Å²) in [6, 6.07) is 7.57. The first kappa shape index (κ1) is 15.4. The Morgan fingerprint density at radius 1 is 1.19 bits per heavy atom. The molecule has 2 aromatic rings. The van der Waals surface area contributed by atoms with Gasteiger partial charge in [-0.3, -0.25) is 0 Å². The predicted molar refractivity (Wildman–Crippen MR) is 81.0 cm³/mol. The van der Waals surface area contributed by atoms with Crippen molar-refractivity contribution in [2.75, 3.05) is 6.54 Å². The summed E-state index contributed by atoms with van der Waals surface area (Å²) < 4.78 is 5.60. The van der Waals surface area contributed by atoms with Crippen LogP contribution in [0, 0.1) is 5.92 Å². The molecular weight excluding hydrogens is 266 g/mol. The van der Waals surface area contributed by atoms with Crippen LogP contribution in [-0.2, 0) is 13.2 Å². The van der Waals surface area contributed by atoms with E-state index >= 15 is 0 Å². The van der Waals surface area contributed by atoms with Crippen molar-refractivity contribution in [3.63, 3.8) is 0 Å². The number of aliphatic hydroxyl groups is 1. The van der Waals surface area contributed by atoms with Gasteiger partial charge in [-0.25, -0.2) is 9.97 Å².